The van der Waals surface area contributed by atoms with E-state index in [4.69, 9.17) is 15.5 Å². The number of ether oxygens (including phenoxy) is 1. The third-order valence-electron chi connectivity index (χ3n) is 6.34. The molecule has 2 heterocycles. The zero-order chi connectivity index (χ0) is 21.0. The van der Waals surface area contributed by atoms with Gasteiger partial charge in [-0.05, 0) is 35.7 Å². The van der Waals surface area contributed by atoms with Crippen LogP contribution < -0.4 is 15.5 Å². The lowest BCUT2D eigenvalue weighted by molar-refractivity contribution is 0.122. The van der Waals surface area contributed by atoms with Crippen molar-refractivity contribution in [2.75, 3.05) is 41.8 Å². The first-order valence-electron chi connectivity index (χ1n) is 11.4. The van der Waals surface area contributed by atoms with Gasteiger partial charge >= 0.3 is 0 Å². The summed E-state index contributed by atoms with van der Waals surface area (Å²) < 4.78 is 5.49. The Hall–Kier alpha value is -2.93. The molecule has 2 N–H and O–H groups in total. The average Bonchev–Trinajstić information content (AvgIpc) is 3.09. The number of aromatic nitrogens is 3. The van der Waals surface area contributed by atoms with Crippen molar-refractivity contribution in [1.82, 2.24) is 15.0 Å². The highest BCUT2D eigenvalue weighted by Gasteiger charge is 2.26. The van der Waals surface area contributed by atoms with Crippen LogP contribution in [0.25, 0.3) is 10.8 Å². The van der Waals surface area contributed by atoms with Gasteiger partial charge in [-0.15, -0.1) is 0 Å². The lowest BCUT2D eigenvalue weighted by atomic mass is 10.0. The fourth-order valence-electron chi connectivity index (χ4n) is 4.71. The van der Waals surface area contributed by atoms with E-state index in [-0.39, 0.29) is 5.95 Å². The van der Waals surface area contributed by atoms with Crippen LogP contribution in [0.2, 0.25) is 0 Å². The Morgan fingerprint density at radius 3 is 2.39 bits per heavy atom. The maximum absolute atomic E-state index is 6.19. The predicted molar refractivity (Wildman–Crippen MR) is 125 cm³/mol. The van der Waals surface area contributed by atoms with Crippen molar-refractivity contribution in [3.05, 3.63) is 42.5 Å². The molecule has 1 saturated carbocycles. The van der Waals surface area contributed by atoms with Crippen molar-refractivity contribution in [1.29, 1.82) is 0 Å². The number of anilines is 4. The molecule has 2 aromatic carbocycles. The molecule has 31 heavy (non-hydrogen) atoms. The summed E-state index contributed by atoms with van der Waals surface area (Å²) in [6, 6.07) is 15.4. The first-order valence-corrected chi connectivity index (χ1v) is 11.4. The summed E-state index contributed by atoms with van der Waals surface area (Å²) in [5.41, 5.74) is 7.30. The zero-order valence-electron chi connectivity index (χ0n) is 17.9. The lowest BCUT2D eigenvalue weighted by Crippen LogP contribution is -2.38. The van der Waals surface area contributed by atoms with Crippen molar-refractivity contribution in [2.45, 2.75) is 44.6 Å². The molecule has 0 bridgehead atoms. The summed E-state index contributed by atoms with van der Waals surface area (Å²) >= 11 is 0. The molecule has 1 aliphatic heterocycles. The van der Waals surface area contributed by atoms with Crippen molar-refractivity contribution >= 4 is 34.3 Å². The number of nitrogens with two attached hydrogens (primary N) is 1. The van der Waals surface area contributed by atoms with Crippen LogP contribution in [-0.2, 0) is 4.74 Å². The lowest BCUT2D eigenvalue weighted by Gasteiger charge is -2.33. The van der Waals surface area contributed by atoms with E-state index < -0.39 is 0 Å². The Morgan fingerprint density at radius 2 is 1.61 bits per heavy atom. The van der Waals surface area contributed by atoms with Gasteiger partial charge in [-0.2, -0.15) is 15.0 Å². The Kier molecular flexibility index (Phi) is 5.84. The van der Waals surface area contributed by atoms with Crippen molar-refractivity contribution in [3.63, 3.8) is 0 Å². The van der Waals surface area contributed by atoms with Gasteiger partial charge in [0.25, 0.3) is 0 Å². The third-order valence-corrected chi connectivity index (χ3v) is 6.34. The first kappa shape index (κ1) is 20.0. The summed E-state index contributed by atoms with van der Waals surface area (Å²) in [4.78, 5) is 18.4. The number of benzene rings is 2. The molecular formula is C24H30N6O. The van der Waals surface area contributed by atoms with Gasteiger partial charge in [0, 0.05) is 24.8 Å². The largest absolute Gasteiger partial charge is 0.378 e. The standard InChI is InChI=1S/C24H30N6O/c25-22-26-23(29-13-15-31-16-14-29)28-24(27-22)30(20-9-3-1-2-4-10-20)21-12-11-18-7-5-6-8-19(18)17-21/h5-8,11-12,17,20H,1-4,9-10,13-16H2,(H2,25,26,27,28). The summed E-state index contributed by atoms with van der Waals surface area (Å²) in [5, 5.41) is 2.45. The summed E-state index contributed by atoms with van der Waals surface area (Å²) in [5.74, 6) is 1.56. The molecule has 1 aliphatic carbocycles. The van der Waals surface area contributed by atoms with Crippen LogP contribution in [-0.4, -0.2) is 47.3 Å². The summed E-state index contributed by atoms with van der Waals surface area (Å²) in [7, 11) is 0. The number of nitrogens with zero attached hydrogens (tertiary/aromatic N) is 5. The number of morpholine rings is 1. The van der Waals surface area contributed by atoms with E-state index in [1.54, 1.807) is 0 Å². The van der Waals surface area contributed by atoms with Gasteiger partial charge < -0.3 is 20.3 Å². The Bertz CT molecular complexity index is 1030. The maximum atomic E-state index is 6.19. The van der Waals surface area contributed by atoms with Gasteiger partial charge in [-0.25, -0.2) is 0 Å². The highest BCUT2D eigenvalue weighted by Crippen LogP contribution is 2.34. The second-order valence-electron chi connectivity index (χ2n) is 8.44. The first-order chi connectivity index (χ1) is 15.3. The molecule has 0 atom stereocenters. The molecule has 1 aromatic heterocycles. The van der Waals surface area contributed by atoms with Gasteiger partial charge in [-0.3, -0.25) is 0 Å². The molecule has 162 valence electrons. The average molecular weight is 419 g/mol. The number of hydrogen-bond donors (Lipinski definition) is 1. The predicted octanol–water partition coefficient (Wildman–Crippen LogP) is 4.30. The molecule has 0 unspecified atom stereocenters. The van der Waals surface area contributed by atoms with Gasteiger partial charge in [0.2, 0.25) is 17.8 Å². The van der Waals surface area contributed by atoms with Crippen LogP contribution >= 0.6 is 0 Å². The van der Waals surface area contributed by atoms with Gasteiger partial charge in [0.1, 0.15) is 0 Å². The molecule has 7 nitrogen and oxygen atoms in total. The maximum Gasteiger partial charge on any atom is 0.236 e. The van der Waals surface area contributed by atoms with Crippen molar-refractivity contribution in [2.24, 2.45) is 0 Å². The minimum Gasteiger partial charge on any atom is -0.378 e. The molecular weight excluding hydrogens is 388 g/mol. The molecule has 0 spiro atoms. The molecule has 5 rings (SSSR count). The van der Waals surface area contributed by atoms with E-state index in [0.717, 1.165) is 31.6 Å². The molecule has 0 radical (unpaired) electrons. The molecule has 0 amide bonds. The minimum absolute atomic E-state index is 0.269. The van der Waals surface area contributed by atoms with Gasteiger partial charge in [0.05, 0.1) is 13.2 Å². The SMILES string of the molecule is Nc1nc(N2CCOCC2)nc(N(c2ccc3ccccc3c2)C2CCCCCC2)n1. The van der Waals surface area contributed by atoms with Gasteiger partial charge in [-0.1, -0.05) is 56.0 Å². The van der Waals surface area contributed by atoms with E-state index in [1.165, 1.54) is 36.5 Å². The molecule has 3 aromatic rings. The van der Waals surface area contributed by atoms with Crippen LogP contribution in [0.15, 0.2) is 42.5 Å². The van der Waals surface area contributed by atoms with Crippen LogP contribution in [0.4, 0.5) is 23.5 Å². The zero-order valence-corrected chi connectivity index (χ0v) is 17.9. The fraction of sp³-hybridized carbons (Fsp3) is 0.458. The molecule has 7 heteroatoms. The molecule has 2 fully saturated rings. The quantitative estimate of drug-likeness (QED) is 0.633. The normalized spacial score (nSPS) is 18.1. The Balaban J connectivity index is 1.58. The van der Waals surface area contributed by atoms with Crippen molar-refractivity contribution < 1.29 is 4.74 Å². The number of nitrogen functional groups attached to an aromatic ring is 1. The Labute approximate surface area is 183 Å². The van der Waals surface area contributed by atoms with Crippen LogP contribution in [0.3, 0.4) is 0 Å². The summed E-state index contributed by atoms with van der Waals surface area (Å²) in [6.07, 6.45) is 7.30. The van der Waals surface area contributed by atoms with E-state index in [9.17, 15) is 0 Å². The highest BCUT2D eigenvalue weighted by atomic mass is 16.5. The summed E-state index contributed by atoms with van der Waals surface area (Å²) in [6.45, 7) is 2.89. The van der Waals surface area contributed by atoms with Crippen LogP contribution in [0.5, 0.6) is 0 Å². The van der Waals surface area contributed by atoms with Gasteiger partial charge in [0.15, 0.2) is 0 Å². The van der Waals surface area contributed by atoms with E-state index in [0.29, 0.717) is 31.2 Å². The highest BCUT2D eigenvalue weighted by molar-refractivity contribution is 5.86. The second kappa shape index (κ2) is 9.06. The van der Waals surface area contributed by atoms with E-state index >= 15 is 0 Å². The smallest absolute Gasteiger partial charge is 0.236 e. The second-order valence-corrected chi connectivity index (χ2v) is 8.44. The van der Waals surface area contributed by atoms with E-state index in [2.05, 4.69) is 62.2 Å². The molecule has 2 aliphatic rings. The third kappa shape index (κ3) is 4.42. The number of rotatable bonds is 4. The monoisotopic (exact) mass is 418 g/mol. The Morgan fingerprint density at radius 1 is 0.871 bits per heavy atom. The minimum atomic E-state index is 0.269. The van der Waals surface area contributed by atoms with Crippen LogP contribution in [0.1, 0.15) is 38.5 Å². The number of fused-ring (bicyclic) bond motifs is 1. The van der Waals surface area contributed by atoms with Crippen LogP contribution in [0, 0.1) is 0 Å². The fourth-order valence-corrected chi connectivity index (χ4v) is 4.71. The topological polar surface area (TPSA) is 80.4 Å². The van der Waals surface area contributed by atoms with E-state index in [1.807, 2.05) is 0 Å². The number of hydrogen-bond acceptors (Lipinski definition) is 7. The van der Waals surface area contributed by atoms with Crippen molar-refractivity contribution in [3.8, 4) is 0 Å². The molecule has 1 saturated heterocycles.